The lowest BCUT2D eigenvalue weighted by atomic mass is 10.0. The smallest absolute Gasteiger partial charge is 0.312 e. The fourth-order valence-corrected chi connectivity index (χ4v) is 2.24. The first kappa shape index (κ1) is 13.4. The molecule has 0 aromatic heterocycles. The van der Waals surface area contributed by atoms with Crippen molar-refractivity contribution in [1.29, 1.82) is 0 Å². The van der Waals surface area contributed by atoms with Gasteiger partial charge in [-0.05, 0) is 17.7 Å². The quantitative estimate of drug-likeness (QED) is 0.737. The van der Waals surface area contributed by atoms with Crippen molar-refractivity contribution >= 4 is 17.5 Å². The highest BCUT2D eigenvalue weighted by Gasteiger charge is 2.35. The summed E-state index contributed by atoms with van der Waals surface area (Å²) in [6, 6.07) is 7.97. The maximum atomic E-state index is 11.8. The average molecular weight is 261 g/mol. The molecule has 19 heavy (non-hydrogen) atoms. The van der Waals surface area contributed by atoms with E-state index in [-0.39, 0.29) is 6.04 Å². The summed E-state index contributed by atoms with van der Waals surface area (Å²) in [6.45, 7) is 0.530. The van der Waals surface area contributed by atoms with Crippen LogP contribution in [0.1, 0.15) is 11.6 Å². The van der Waals surface area contributed by atoms with Gasteiger partial charge in [0.25, 0.3) is 0 Å². The summed E-state index contributed by atoms with van der Waals surface area (Å²) in [7, 11) is 7.31. The first-order valence-corrected chi connectivity index (χ1v) is 6.21. The molecule has 1 aromatic carbocycles. The minimum atomic E-state index is -0.449. The number of carbonyl (C=O) groups excluding carboxylic acids is 2. The van der Waals surface area contributed by atoms with Gasteiger partial charge in [0.15, 0.2) is 0 Å². The largest absolute Gasteiger partial charge is 0.378 e. The van der Waals surface area contributed by atoms with Crippen molar-refractivity contribution in [2.75, 3.05) is 39.6 Å². The second-order valence-electron chi connectivity index (χ2n) is 5.10. The monoisotopic (exact) mass is 261 g/mol. The van der Waals surface area contributed by atoms with Crippen LogP contribution in [-0.4, -0.2) is 56.3 Å². The summed E-state index contributed by atoms with van der Waals surface area (Å²) in [5.41, 5.74) is 2.15. The van der Waals surface area contributed by atoms with Crippen LogP contribution in [0.5, 0.6) is 0 Å². The molecule has 102 valence electrons. The number of hydrogen-bond acceptors (Lipinski definition) is 3. The van der Waals surface area contributed by atoms with Crippen molar-refractivity contribution in [3.05, 3.63) is 29.8 Å². The van der Waals surface area contributed by atoms with Crippen LogP contribution >= 0.6 is 0 Å². The molecule has 1 saturated heterocycles. The van der Waals surface area contributed by atoms with Crippen LogP contribution in [0.2, 0.25) is 0 Å². The first-order valence-electron chi connectivity index (χ1n) is 6.21. The summed E-state index contributed by atoms with van der Waals surface area (Å²) in [5, 5.41) is 0. The maximum absolute atomic E-state index is 11.8. The second-order valence-corrected chi connectivity index (χ2v) is 5.10. The van der Waals surface area contributed by atoms with Gasteiger partial charge in [0.05, 0.1) is 6.04 Å². The van der Waals surface area contributed by atoms with Gasteiger partial charge in [-0.3, -0.25) is 9.59 Å². The SMILES string of the molecule is CN1CC(c2ccc(N(C)C)cc2)N(C)C(=O)C1=O. The van der Waals surface area contributed by atoms with E-state index in [1.54, 1.807) is 14.1 Å². The number of likely N-dealkylation sites (N-methyl/N-ethyl adjacent to an activating group) is 2. The van der Waals surface area contributed by atoms with Gasteiger partial charge in [0.1, 0.15) is 0 Å². The van der Waals surface area contributed by atoms with Gasteiger partial charge in [-0.25, -0.2) is 0 Å². The zero-order valence-electron chi connectivity index (χ0n) is 11.8. The average Bonchev–Trinajstić information content (AvgIpc) is 2.40. The third-order valence-corrected chi connectivity index (χ3v) is 3.56. The molecule has 1 unspecified atom stereocenters. The van der Waals surface area contributed by atoms with Gasteiger partial charge in [0, 0.05) is 40.4 Å². The van der Waals surface area contributed by atoms with E-state index >= 15 is 0 Å². The molecule has 1 heterocycles. The lowest BCUT2D eigenvalue weighted by Gasteiger charge is -2.37. The standard InChI is InChI=1S/C14H19N3O2/c1-15(2)11-7-5-10(6-8-11)12-9-16(3)13(18)14(19)17(12)4/h5-8,12H,9H2,1-4H3. The minimum Gasteiger partial charge on any atom is -0.378 e. The van der Waals surface area contributed by atoms with Crippen molar-refractivity contribution < 1.29 is 9.59 Å². The van der Waals surface area contributed by atoms with Gasteiger partial charge in [-0.2, -0.15) is 0 Å². The number of nitrogens with zero attached hydrogens (tertiary/aromatic N) is 3. The topological polar surface area (TPSA) is 43.9 Å². The van der Waals surface area contributed by atoms with E-state index in [2.05, 4.69) is 0 Å². The molecular formula is C14H19N3O2. The number of rotatable bonds is 2. The molecule has 0 spiro atoms. The Kier molecular flexibility index (Phi) is 3.46. The number of benzene rings is 1. The molecule has 5 heteroatoms. The van der Waals surface area contributed by atoms with Gasteiger partial charge in [-0.15, -0.1) is 0 Å². The lowest BCUT2D eigenvalue weighted by molar-refractivity contribution is -0.156. The fraction of sp³-hybridized carbons (Fsp3) is 0.429. The van der Waals surface area contributed by atoms with E-state index < -0.39 is 11.8 Å². The number of piperazine rings is 1. The molecule has 1 fully saturated rings. The van der Waals surface area contributed by atoms with Crippen molar-refractivity contribution in [3.63, 3.8) is 0 Å². The van der Waals surface area contributed by atoms with Crippen molar-refractivity contribution in [2.24, 2.45) is 0 Å². The molecule has 1 aromatic rings. The van der Waals surface area contributed by atoms with Crippen molar-refractivity contribution in [1.82, 2.24) is 9.80 Å². The summed E-state index contributed by atoms with van der Waals surface area (Å²) < 4.78 is 0. The highest BCUT2D eigenvalue weighted by atomic mass is 16.2. The van der Waals surface area contributed by atoms with Crippen LogP contribution in [0.25, 0.3) is 0 Å². The molecule has 0 radical (unpaired) electrons. The Bertz CT molecular complexity index is 496. The second kappa shape index (κ2) is 4.91. The highest BCUT2D eigenvalue weighted by molar-refractivity contribution is 6.35. The number of amides is 2. The summed E-state index contributed by atoms with van der Waals surface area (Å²) in [5.74, 6) is -0.890. The molecule has 5 nitrogen and oxygen atoms in total. The van der Waals surface area contributed by atoms with E-state index in [1.165, 1.54) is 9.80 Å². The minimum absolute atomic E-state index is 0.0774. The first-order chi connectivity index (χ1) is 8.91. The Balaban J connectivity index is 2.26. The molecule has 1 aliphatic rings. The van der Waals surface area contributed by atoms with Crippen LogP contribution in [0.4, 0.5) is 5.69 Å². The van der Waals surface area contributed by atoms with Gasteiger partial charge >= 0.3 is 11.8 Å². The molecule has 0 N–H and O–H groups in total. The molecule has 1 atom stereocenters. The summed E-state index contributed by atoms with van der Waals surface area (Å²) in [4.78, 5) is 28.4. The Labute approximate surface area is 113 Å². The Morgan fingerprint density at radius 3 is 2.16 bits per heavy atom. The van der Waals surface area contributed by atoms with Crippen LogP contribution in [0, 0.1) is 0 Å². The lowest BCUT2D eigenvalue weighted by Crippen LogP contribution is -2.52. The highest BCUT2D eigenvalue weighted by Crippen LogP contribution is 2.26. The van der Waals surface area contributed by atoms with Crippen LogP contribution in [0.15, 0.2) is 24.3 Å². The van der Waals surface area contributed by atoms with E-state index in [9.17, 15) is 9.59 Å². The Hall–Kier alpha value is -2.04. The number of carbonyl (C=O) groups is 2. The number of anilines is 1. The van der Waals surface area contributed by atoms with E-state index in [0.29, 0.717) is 6.54 Å². The van der Waals surface area contributed by atoms with Crippen LogP contribution < -0.4 is 4.90 Å². The number of hydrogen-bond donors (Lipinski definition) is 0. The van der Waals surface area contributed by atoms with E-state index in [1.807, 2.05) is 43.3 Å². The molecule has 0 saturated carbocycles. The summed E-state index contributed by atoms with van der Waals surface area (Å²) in [6.07, 6.45) is 0. The van der Waals surface area contributed by atoms with E-state index in [4.69, 9.17) is 0 Å². The van der Waals surface area contributed by atoms with E-state index in [0.717, 1.165) is 11.3 Å². The molecular weight excluding hydrogens is 242 g/mol. The zero-order chi connectivity index (χ0) is 14.2. The fourth-order valence-electron chi connectivity index (χ4n) is 2.24. The molecule has 2 rings (SSSR count). The van der Waals surface area contributed by atoms with Crippen molar-refractivity contribution in [3.8, 4) is 0 Å². The normalized spacial score (nSPS) is 19.9. The van der Waals surface area contributed by atoms with Gasteiger partial charge in [-0.1, -0.05) is 12.1 Å². The van der Waals surface area contributed by atoms with Gasteiger partial charge in [0.2, 0.25) is 0 Å². The Morgan fingerprint density at radius 2 is 1.63 bits per heavy atom. The third kappa shape index (κ3) is 2.41. The zero-order valence-corrected chi connectivity index (χ0v) is 11.8. The third-order valence-electron chi connectivity index (χ3n) is 3.56. The van der Waals surface area contributed by atoms with Crippen LogP contribution in [-0.2, 0) is 9.59 Å². The molecule has 1 aliphatic heterocycles. The maximum Gasteiger partial charge on any atom is 0.312 e. The molecule has 2 amide bonds. The van der Waals surface area contributed by atoms with Crippen LogP contribution in [0.3, 0.4) is 0 Å². The van der Waals surface area contributed by atoms with Gasteiger partial charge < -0.3 is 14.7 Å². The predicted molar refractivity (Wildman–Crippen MR) is 73.9 cm³/mol. The molecule has 0 bridgehead atoms. The predicted octanol–water partition coefficient (Wildman–Crippen LogP) is 0.724. The molecule has 0 aliphatic carbocycles. The summed E-state index contributed by atoms with van der Waals surface area (Å²) >= 11 is 0. The van der Waals surface area contributed by atoms with Crippen molar-refractivity contribution in [2.45, 2.75) is 6.04 Å². The Morgan fingerprint density at radius 1 is 1.05 bits per heavy atom.